The van der Waals surface area contributed by atoms with Gasteiger partial charge >= 0.3 is 0 Å². The Kier molecular flexibility index (Phi) is 9.36. The molecule has 2 aromatic rings. The van der Waals surface area contributed by atoms with E-state index in [9.17, 15) is 22.0 Å². The highest BCUT2D eigenvalue weighted by Gasteiger charge is 2.14. The average molecular weight is 478 g/mol. The molecule has 0 bridgehead atoms. The number of hydrogen-bond donors (Lipinski definition) is 2. The predicted octanol–water partition coefficient (Wildman–Crippen LogP) is 3.55. The topological polar surface area (TPSA) is 97.4 Å². The Bertz CT molecular complexity index is 1170. The third-order valence-electron chi connectivity index (χ3n) is 4.29. The van der Waals surface area contributed by atoms with Crippen molar-refractivity contribution in [2.45, 2.75) is 33.0 Å². The van der Waals surface area contributed by atoms with E-state index in [4.69, 9.17) is 11.2 Å². The number of carbonyl (C=O) groups excluding carboxylic acids is 1. The number of terminal acetylenes is 1. The molecule has 0 aliphatic heterocycles. The summed E-state index contributed by atoms with van der Waals surface area (Å²) in [5, 5.41) is 2.59. The van der Waals surface area contributed by atoms with Crippen LogP contribution in [-0.4, -0.2) is 32.2 Å². The highest BCUT2D eigenvalue weighted by atomic mass is 32.2. The van der Waals surface area contributed by atoms with Crippen LogP contribution in [0.2, 0.25) is 0 Å². The number of benzene rings is 1. The first-order chi connectivity index (χ1) is 15.7. The molecule has 10 heteroatoms. The van der Waals surface area contributed by atoms with Crippen LogP contribution >= 0.6 is 0 Å². The van der Waals surface area contributed by atoms with Crippen molar-refractivity contribution in [3.63, 3.8) is 0 Å². The number of halogens is 2. The number of rotatable bonds is 11. The van der Waals surface area contributed by atoms with Gasteiger partial charge in [-0.2, -0.15) is 0 Å². The number of nitrogens with zero attached hydrogens (tertiary/aromatic N) is 1. The van der Waals surface area contributed by atoms with Crippen LogP contribution in [-0.2, 0) is 28.0 Å². The van der Waals surface area contributed by atoms with Gasteiger partial charge in [0.1, 0.15) is 12.5 Å². The van der Waals surface area contributed by atoms with Gasteiger partial charge in [0, 0.05) is 18.2 Å². The average Bonchev–Trinajstić information content (AvgIpc) is 2.77. The first-order valence-corrected chi connectivity index (χ1v) is 12.0. The second-order valence-electron chi connectivity index (χ2n) is 7.10. The van der Waals surface area contributed by atoms with Crippen molar-refractivity contribution in [3.05, 3.63) is 58.5 Å². The van der Waals surface area contributed by atoms with E-state index in [2.05, 4.69) is 16.2 Å². The van der Waals surface area contributed by atoms with Crippen molar-refractivity contribution in [1.82, 2.24) is 10.3 Å². The normalized spacial score (nSPS) is 11.2. The molecule has 0 saturated carbocycles. The number of alkyl halides is 1. The lowest BCUT2D eigenvalue weighted by atomic mass is 10.1. The lowest BCUT2D eigenvalue weighted by Gasteiger charge is -2.11. The van der Waals surface area contributed by atoms with Gasteiger partial charge < -0.3 is 10.1 Å². The third kappa shape index (κ3) is 8.20. The van der Waals surface area contributed by atoms with E-state index in [-0.39, 0.29) is 29.4 Å². The molecule has 176 valence electrons. The summed E-state index contributed by atoms with van der Waals surface area (Å²) >= 11 is 0. The van der Waals surface area contributed by atoms with E-state index >= 15 is 0 Å². The maximum Gasteiger partial charge on any atom is 0.244 e. The van der Waals surface area contributed by atoms with Crippen LogP contribution in [0.5, 0.6) is 5.88 Å². The minimum absolute atomic E-state index is 0.00751. The molecule has 0 saturated heterocycles. The Morgan fingerprint density at radius 1 is 1.33 bits per heavy atom. The summed E-state index contributed by atoms with van der Waals surface area (Å²) in [5.41, 5.74) is 0.764. The van der Waals surface area contributed by atoms with Gasteiger partial charge in [-0.05, 0) is 42.3 Å². The molecule has 2 N–H and O–H groups in total. The molecular weight excluding hydrogens is 452 g/mol. The van der Waals surface area contributed by atoms with Gasteiger partial charge in [0.05, 0.1) is 29.8 Å². The van der Waals surface area contributed by atoms with E-state index in [0.29, 0.717) is 17.7 Å². The van der Waals surface area contributed by atoms with Crippen LogP contribution in [0.15, 0.2) is 30.3 Å². The van der Waals surface area contributed by atoms with Crippen molar-refractivity contribution in [3.8, 4) is 18.2 Å². The zero-order chi connectivity index (χ0) is 24.4. The number of hydrogen-bond acceptors (Lipinski definition) is 5. The fourth-order valence-corrected chi connectivity index (χ4v) is 3.28. The predicted molar refractivity (Wildman–Crippen MR) is 123 cm³/mol. The lowest BCUT2D eigenvalue weighted by Crippen LogP contribution is -2.20. The number of ether oxygens (including phenoxy) is 1. The minimum Gasteiger partial charge on any atom is -0.477 e. The molecule has 1 amide bonds. The number of anilines is 1. The molecule has 1 aromatic heterocycles. The van der Waals surface area contributed by atoms with Gasteiger partial charge in [0.25, 0.3) is 0 Å². The van der Waals surface area contributed by atoms with Gasteiger partial charge in [-0.3, -0.25) is 9.52 Å². The van der Waals surface area contributed by atoms with E-state index in [0.717, 1.165) is 25.2 Å². The van der Waals surface area contributed by atoms with Crippen LogP contribution in [0.25, 0.3) is 6.08 Å². The Morgan fingerprint density at radius 2 is 2.09 bits per heavy atom. The first kappa shape index (κ1) is 25.8. The summed E-state index contributed by atoms with van der Waals surface area (Å²) < 4.78 is 57.7. The number of sulfonamides is 1. The smallest absolute Gasteiger partial charge is 0.244 e. The summed E-state index contributed by atoms with van der Waals surface area (Å²) in [5.74, 6) is 1.12. The Labute approximate surface area is 192 Å². The van der Waals surface area contributed by atoms with E-state index < -0.39 is 28.4 Å². The Hall–Kier alpha value is -3.45. The summed E-state index contributed by atoms with van der Waals surface area (Å²) in [4.78, 5) is 16.3. The molecule has 0 fully saturated rings. The molecular formula is C23H25F2N3O4S. The largest absolute Gasteiger partial charge is 0.477 e. The third-order valence-corrected chi connectivity index (χ3v) is 4.87. The number of amides is 1. The zero-order valence-electron chi connectivity index (χ0n) is 18.3. The fraction of sp³-hybridized carbons (Fsp3) is 0.304. The maximum atomic E-state index is 14.4. The molecule has 0 aliphatic rings. The lowest BCUT2D eigenvalue weighted by molar-refractivity contribution is -0.116. The van der Waals surface area contributed by atoms with Gasteiger partial charge in [-0.1, -0.05) is 19.3 Å². The molecule has 33 heavy (non-hydrogen) atoms. The molecule has 0 atom stereocenters. The number of pyridine rings is 1. The second-order valence-corrected chi connectivity index (χ2v) is 8.85. The number of nitrogens with one attached hydrogen (secondary N) is 2. The van der Waals surface area contributed by atoms with Gasteiger partial charge in [-0.15, -0.1) is 6.42 Å². The summed E-state index contributed by atoms with van der Waals surface area (Å²) in [7, 11) is -3.72. The Morgan fingerprint density at radius 3 is 2.73 bits per heavy atom. The van der Waals surface area contributed by atoms with Gasteiger partial charge in [0.15, 0.2) is 0 Å². The number of carbonyl (C=O) groups is 1. The van der Waals surface area contributed by atoms with Crippen molar-refractivity contribution in [2.75, 3.05) is 17.6 Å². The summed E-state index contributed by atoms with van der Waals surface area (Å²) in [6.07, 6.45) is 10.7. The molecule has 0 unspecified atom stereocenters. The van der Waals surface area contributed by atoms with Crippen LogP contribution in [0.1, 0.15) is 42.1 Å². The molecule has 0 aliphatic carbocycles. The standard InChI is InChI=1S/C23H25F2N3O4S/c1-4-6-11-32-23-18(7-9-19(14-24)27-23)8-10-21(29)26-15-16-12-17(5-2)22(20(25)13-16)28-33(3,30)31/h2,7-10,12-13,28H,4,6,11,14-15H2,1,3H3,(H,26,29)/b10-8+. The monoisotopic (exact) mass is 477 g/mol. The molecule has 1 heterocycles. The van der Waals surface area contributed by atoms with Crippen molar-refractivity contribution in [2.24, 2.45) is 0 Å². The molecule has 0 spiro atoms. The highest BCUT2D eigenvalue weighted by molar-refractivity contribution is 7.92. The van der Waals surface area contributed by atoms with Gasteiger partial charge in [-0.25, -0.2) is 22.2 Å². The maximum absolute atomic E-state index is 14.4. The number of unbranched alkanes of at least 4 members (excludes halogenated alkanes) is 1. The SMILES string of the molecule is C#Cc1cc(CNC(=O)/C=C/c2ccc(CF)nc2OCCCC)cc(F)c1NS(C)(=O)=O. The second kappa shape index (κ2) is 12.0. The molecule has 2 rings (SSSR count). The van der Waals surface area contributed by atoms with Crippen molar-refractivity contribution >= 4 is 27.7 Å². The zero-order valence-corrected chi connectivity index (χ0v) is 19.1. The van der Waals surface area contributed by atoms with Crippen LogP contribution in [0.3, 0.4) is 0 Å². The van der Waals surface area contributed by atoms with E-state index in [1.807, 2.05) is 11.6 Å². The van der Waals surface area contributed by atoms with Gasteiger partial charge in [0.2, 0.25) is 21.8 Å². The van der Waals surface area contributed by atoms with Crippen LogP contribution < -0.4 is 14.8 Å². The first-order valence-electron chi connectivity index (χ1n) is 10.1. The fourth-order valence-electron chi connectivity index (χ4n) is 2.70. The van der Waals surface area contributed by atoms with Crippen molar-refractivity contribution < 1.29 is 26.7 Å². The minimum atomic E-state index is -3.72. The van der Waals surface area contributed by atoms with Crippen LogP contribution in [0, 0.1) is 18.2 Å². The van der Waals surface area contributed by atoms with E-state index in [1.165, 1.54) is 24.3 Å². The highest BCUT2D eigenvalue weighted by Crippen LogP contribution is 2.23. The number of aromatic nitrogens is 1. The van der Waals surface area contributed by atoms with Crippen LogP contribution in [0.4, 0.5) is 14.5 Å². The molecule has 7 nitrogen and oxygen atoms in total. The molecule has 1 aromatic carbocycles. The van der Waals surface area contributed by atoms with Crippen molar-refractivity contribution in [1.29, 1.82) is 0 Å². The summed E-state index contributed by atoms with van der Waals surface area (Å²) in [6.45, 7) is 1.64. The quantitative estimate of drug-likeness (QED) is 0.293. The molecule has 0 radical (unpaired) electrons. The van der Waals surface area contributed by atoms with E-state index in [1.54, 1.807) is 6.07 Å². The Balaban J connectivity index is 2.10. The summed E-state index contributed by atoms with van der Waals surface area (Å²) in [6, 6.07) is 5.59.